The van der Waals surface area contributed by atoms with Crippen molar-refractivity contribution < 1.29 is 9.53 Å². The zero-order chi connectivity index (χ0) is 11.3. The molecule has 0 radical (unpaired) electrons. The van der Waals surface area contributed by atoms with Gasteiger partial charge in [-0.1, -0.05) is 0 Å². The van der Waals surface area contributed by atoms with Gasteiger partial charge in [0.25, 0.3) is 0 Å². The summed E-state index contributed by atoms with van der Waals surface area (Å²) in [5.41, 5.74) is 0. The smallest absolute Gasteiger partial charge is 0.334 e. The SMILES string of the molecule is COC(=O)/C=C(\N(C)C)N1CCCCC1. The van der Waals surface area contributed by atoms with Crippen molar-refractivity contribution in [3.63, 3.8) is 0 Å². The van der Waals surface area contributed by atoms with E-state index in [-0.39, 0.29) is 5.97 Å². The summed E-state index contributed by atoms with van der Waals surface area (Å²) >= 11 is 0. The van der Waals surface area contributed by atoms with Crippen LogP contribution < -0.4 is 0 Å². The van der Waals surface area contributed by atoms with Crippen molar-refractivity contribution in [2.75, 3.05) is 34.3 Å². The van der Waals surface area contributed by atoms with Gasteiger partial charge in [-0.15, -0.1) is 0 Å². The number of likely N-dealkylation sites (tertiary alicyclic amines) is 1. The molecule has 0 aliphatic carbocycles. The van der Waals surface area contributed by atoms with Crippen LogP contribution in [0.25, 0.3) is 0 Å². The van der Waals surface area contributed by atoms with Gasteiger partial charge in [0, 0.05) is 27.2 Å². The molecule has 0 aromatic carbocycles. The maximum atomic E-state index is 11.2. The van der Waals surface area contributed by atoms with Crippen molar-refractivity contribution in [2.24, 2.45) is 0 Å². The molecule has 0 N–H and O–H groups in total. The minimum atomic E-state index is -0.288. The fourth-order valence-corrected chi connectivity index (χ4v) is 1.79. The van der Waals surface area contributed by atoms with Gasteiger partial charge in [-0.2, -0.15) is 0 Å². The van der Waals surface area contributed by atoms with Crippen LogP contribution in [0.4, 0.5) is 0 Å². The Balaban J connectivity index is 2.71. The van der Waals surface area contributed by atoms with Crippen LogP contribution in [0.5, 0.6) is 0 Å². The van der Waals surface area contributed by atoms with Crippen molar-refractivity contribution in [1.82, 2.24) is 9.80 Å². The molecule has 0 atom stereocenters. The summed E-state index contributed by atoms with van der Waals surface area (Å²) in [4.78, 5) is 15.4. The Labute approximate surface area is 91.5 Å². The molecule has 0 bridgehead atoms. The predicted molar refractivity (Wildman–Crippen MR) is 59.2 cm³/mol. The zero-order valence-electron chi connectivity index (χ0n) is 9.82. The molecule has 15 heavy (non-hydrogen) atoms. The summed E-state index contributed by atoms with van der Waals surface area (Å²) in [6, 6.07) is 0. The highest BCUT2D eigenvalue weighted by molar-refractivity contribution is 5.82. The van der Waals surface area contributed by atoms with Crippen molar-refractivity contribution in [1.29, 1.82) is 0 Å². The first-order valence-electron chi connectivity index (χ1n) is 5.37. The van der Waals surface area contributed by atoms with Crippen molar-refractivity contribution in [3.05, 3.63) is 11.9 Å². The third kappa shape index (κ3) is 3.46. The van der Waals surface area contributed by atoms with Crippen molar-refractivity contribution in [3.8, 4) is 0 Å². The second kappa shape index (κ2) is 5.63. The number of nitrogens with zero attached hydrogens (tertiary/aromatic N) is 2. The van der Waals surface area contributed by atoms with Gasteiger partial charge in [0.1, 0.15) is 5.82 Å². The minimum absolute atomic E-state index is 0.288. The third-order valence-electron chi connectivity index (χ3n) is 2.59. The largest absolute Gasteiger partial charge is 0.466 e. The fourth-order valence-electron chi connectivity index (χ4n) is 1.79. The van der Waals surface area contributed by atoms with E-state index in [9.17, 15) is 4.79 Å². The predicted octanol–water partition coefficient (Wildman–Crippen LogP) is 1.05. The second-order valence-electron chi connectivity index (χ2n) is 3.97. The number of methoxy groups -OCH3 is 1. The third-order valence-corrected chi connectivity index (χ3v) is 2.59. The minimum Gasteiger partial charge on any atom is -0.466 e. The molecule has 4 nitrogen and oxygen atoms in total. The highest BCUT2D eigenvalue weighted by atomic mass is 16.5. The number of hydrogen-bond donors (Lipinski definition) is 0. The lowest BCUT2D eigenvalue weighted by atomic mass is 10.1. The molecule has 0 unspecified atom stereocenters. The molecule has 1 aliphatic rings. The molecule has 0 aromatic rings. The fraction of sp³-hybridized carbons (Fsp3) is 0.727. The molecular weight excluding hydrogens is 192 g/mol. The molecule has 1 aliphatic heterocycles. The Bertz CT molecular complexity index is 243. The first-order valence-corrected chi connectivity index (χ1v) is 5.37. The van der Waals surface area contributed by atoms with E-state index in [4.69, 9.17) is 0 Å². The molecule has 0 aromatic heterocycles. The van der Waals surface area contributed by atoms with Gasteiger partial charge in [0.05, 0.1) is 13.2 Å². The van der Waals surface area contributed by atoms with Crippen LogP contribution in [0, 0.1) is 0 Å². The monoisotopic (exact) mass is 212 g/mol. The number of rotatable bonds is 3. The number of esters is 1. The summed E-state index contributed by atoms with van der Waals surface area (Å²) in [7, 11) is 5.30. The lowest BCUT2D eigenvalue weighted by Crippen LogP contribution is -2.35. The number of carbonyl (C=O) groups excluding carboxylic acids is 1. The van der Waals surface area contributed by atoms with E-state index in [1.165, 1.54) is 26.4 Å². The molecular formula is C11H20N2O2. The molecule has 0 amide bonds. The number of carbonyl (C=O) groups is 1. The van der Waals surface area contributed by atoms with Crippen LogP contribution in [0.15, 0.2) is 11.9 Å². The number of ether oxygens (including phenoxy) is 1. The van der Waals surface area contributed by atoms with Gasteiger partial charge in [0.15, 0.2) is 0 Å². The molecule has 0 saturated carbocycles. The van der Waals surface area contributed by atoms with E-state index in [1.54, 1.807) is 6.08 Å². The first kappa shape index (κ1) is 11.9. The van der Waals surface area contributed by atoms with Crippen LogP contribution in [0.2, 0.25) is 0 Å². The quantitative estimate of drug-likeness (QED) is 0.517. The van der Waals surface area contributed by atoms with Gasteiger partial charge in [-0.25, -0.2) is 4.79 Å². The average molecular weight is 212 g/mol. The van der Waals surface area contributed by atoms with E-state index < -0.39 is 0 Å². The van der Waals surface area contributed by atoms with Crippen molar-refractivity contribution >= 4 is 5.97 Å². The summed E-state index contributed by atoms with van der Waals surface area (Å²) in [5.74, 6) is 0.658. The van der Waals surface area contributed by atoms with E-state index >= 15 is 0 Å². The molecule has 1 fully saturated rings. The standard InChI is InChI=1S/C11H20N2O2/c1-12(2)10(9-11(14)15-3)13-7-5-4-6-8-13/h9H,4-8H2,1-3H3/b10-9+. The maximum Gasteiger partial charge on any atom is 0.334 e. The Kier molecular flexibility index (Phi) is 4.46. The summed E-state index contributed by atoms with van der Waals surface area (Å²) in [5, 5.41) is 0. The normalized spacial score (nSPS) is 17.5. The first-order chi connectivity index (χ1) is 7.15. The van der Waals surface area contributed by atoms with Gasteiger partial charge < -0.3 is 14.5 Å². The lowest BCUT2D eigenvalue weighted by molar-refractivity contribution is -0.135. The van der Waals surface area contributed by atoms with Gasteiger partial charge >= 0.3 is 5.97 Å². The van der Waals surface area contributed by atoms with Crippen LogP contribution in [-0.2, 0) is 9.53 Å². The van der Waals surface area contributed by atoms with Crippen molar-refractivity contribution in [2.45, 2.75) is 19.3 Å². The van der Waals surface area contributed by atoms with Crippen LogP contribution in [0.3, 0.4) is 0 Å². The Hall–Kier alpha value is -1.19. The van der Waals surface area contributed by atoms with E-state index in [0.717, 1.165) is 18.9 Å². The molecule has 1 rings (SSSR count). The number of hydrogen-bond acceptors (Lipinski definition) is 4. The van der Waals surface area contributed by atoms with Gasteiger partial charge in [-0.3, -0.25) is 0 Å². The van der Waals surface area contributed by atoms with Crippen LogP contribution in [-0.4, -0.2) is 50.1 Å². The highest BCUT2D eigenvalue weighted by Gasteiger charge is 2.16. The highest BCUT2D eigenvalue weighted by Crippen LogP contribution is 2.15. The van der Waals surface area contributed by atoms with Gasteiger partial charge in [-0.05, 0) is 19.3 Å². The average Bonchev–Trinajstić information content (AvgIpc) is 2.26. The molecule has 0 spiro atoms. The topological polar surface area (TPSA) is 32.8 Å². The van der Waals surface area contributed by atoms with Crippen LogP contribution in [0.1, 0.15) is 19.3 Å². The Morgan fingerprint density at radius 3 is 2.33 bits per heavy atom. The van der Waals surface area contributed by atoms with E-state index in [2.05, 4.69) is 9.64 Å². The van der Waals surface area contributed by atoms with Crippen LogP contribution >= 0.6 is 0 Å². The van der Waals surface area contributed by atoms with E-state index in [0.29, 0.717) is 0 Å². The molecule has 1 heterocycles. The number of piperidine rings is 1. The summed E-state index contributed by atoms with van der Waals surface area (Å²) in [6.45, 7) is 2.06. The summed E-state index contributed by atoms with van der Waals surface area (Å²) in [6.07, 6.45) is 5.25. The summed E-state index contributed by atoms with van der Waals surface area (Å²) < 4.78 is 4.65. The maximum absolute atomic E-state index is 11.2. The Morgan fingerprint density at radius 1 is 1.27 bits per heavy atom. The zero-order valence-corrected chi connectivity index (χ0v) is 9.82. The molecule has 1 saturated heterocycles. The molecule has 86 valence electrons. The Morgan fingerprint density at radius 2 is 1.87 bits per heavy atom. The van der Waals surface area contributed by atoms with E-state index in [1.807, 2.05) is 19.0 Å². The van der Waals surface area contributed by atoms with Gasteiger partial charge in [0.2, 0.25) is 0 Å². The molecule has 4 heteroatoms. The second-order valence-corrected chi connectivity index (χ2v) is 3.97. The lowest BCUT2D eigenvalue weighted by Gasteiger charge is -2.34.